The molecule has 1 saturated heterocycles. The number of hydrogen-bond acceptors (Lipinski definition) is 6. The summed E-state index contributed by atoms with van der Waals surface area (Å²) < 4.78 is 6.08. The van der Waals surface area contributed by atoms with Crippen molar-refractivity contribution in [1.82, 2.24) is 20.2 Å². The number of hydrogen-bond donors (Lipinski definition) is 1. The van der Waals surface area contributed by atoms with Crippen LogP contribution in [0.25, 0.3) is 17.0 Å². The first-order chi connectivity index (χ1) is 21.2. The van der Waals surface area contributed by atoms with E-state index in [-0.39, 0.29) is 54.8 Å². The molecule has 2 aromatic carbocycles. The van der Waals surface area contributed by atoms with Gasteiger partial charge in [-0.3, -0.25) is 19.4 Å². The minimum Gasteiger partial charge on any atom is -0.487 e. The molecule has 0 radical (unpaired) electrons. The Morgan fingerprint density at radius 2 is 1.78 bits per heavy atom. The van der Waals surface area contributed by atoms with Gasteiger partial charge in [0.2, 0.25) is 11.8 Å². The number of likely N-dealkylation sites (tertiary alicyclic amines) is 1. The number of likely N-dealkylation sites (N-methyl/N-ethyl adjacent to an activating group) is 1. The van der Waals surface area contributed by atoms with Crippen molar-refractivity contribution >= 4 is 88.4 Å². The highest BCUT2D eigenvalue weighted by molar-refractivity contribution is 6.38. The fraction of sp³-hybridized carbons (Fsp3) is 0.242. The van der Waals surface area contributed by atoms with E-state index in [1.165, 1.54) is 17.2 Å². The molecule has 3 amide bonds. The third kappa shape index (κ3) is 8.67. The summed E-state index contributed by atoms with van der Waals surface area (Å²) in [4.78, 5) is 49.8. The number of rotatable bonds is 9. The van der Waals surface area contributed by atoms with E-state index in [0.717, 1.165) is 42.5 Å². The van der Waals surface area contributed by atoms with Crippen LogP contribution in [0.2, 0.25) is 10.0 Å². The molecule has 0 unspecified atom stereocenters. The molecule has 46 heavy (non-hydrogen) atoms. The van der Waals surface area contributed by atoms with E-state index >= 15 is 0 Å². The molecule has 1 aliphatic rings. The normalized spacial score (nSPS) is 12.4. The van der Waals surface area contributed by atoms with Gasteiger partial charge in [-0.25, -0.2) is 4.98 Å². The molecule has 2 aromatic heterocycles. The molecule has 3 heterocycles. The van der Waals surface area contributed by atoms with E-state index in [0.29, 0.717) is 33.3 Å². The number of para-hydroxylation sites is 1. The number of amides is 3. The molecule has 9 nitrogen and oxygen atoms in total. The van der Waals surface area contributed by atoms with Gasteiger partial charge in [0.05, 0.1) is 17.3 Å². The van der Waals surface area contributed by atoms with E-state index in [4.69, 9.17) is 27.9 Å². The van der Waals surface area contributed by atoms with Crippen molar-refractivity contribution in [2.24, 2.45) is 0 Å². The second-order valence-electron chi connectivity index (χ2n) is 10.4. The Morgan fingerprint density at radius 1 is 1.02 bits per heavy atom. The molecular weight excluding hydrogens is 672 g/mol. The predicted molar refractivity (Wildman–Crippen MR) is 187 cm³/mol. The first kappa shape index (κ1) is 36.6. The summed E-state index contributed by atoms with van der Waals surface area (Å²) in [5.74, 6) is -0.343. The van der Waals surface area contributed by atoms with Crippen LogP contribution in [0.5, 0.6) is 5.75 Å². The molecule has 0 bridgehead atoms. The van der Waals surface area contributed by atoms with Crippen LogP contribution in [-0.4, -0.2) is 59.3 Å². The van der Waals surface area contributed by atoms with Crippen LogP contribution in [0.4, 0.5) is 5.69 Å². The summed E-state index contributed by atoms with van der Waals surface area (Å²) in [6.07, 6.45) is 6.42. The highest BCUT2D eigenvalue weighted by Gasteiger charge is 2.21. The smallest absolute Gasteiger partial charge is 0.272 e. The van der Waals surface area contributed by atoms with E-state index in [2.05, 4.69) is 15.3 Å². The SMILES string of the molecule is Cc1ccc2cccc(OCc3c(Cl)ccc(N(C)C(=O)CNC(=O)/C=C/c4ccc(C(=O)N5CCCC5)nc4)c3Cl)c2n1.Cl.Cl. The number of fused-ring (bicyclic) bond motifs is 1. The Hall–Kier alpha value is -3.89. The van der Waals surface area contributed by atoms with Crippen LogP contribution >= 0.6 is 48.0 Å². The summed E-state index contributed by atoms with van der Waals surface area (Å²) in [5, 5.41) is 4.19. The average Bonchev–Trinajstić information content (AvgIpc) is 3.57. The van der Waals surface area contributed by atoms with Gasteiger partial charge >= 0.3 is 0 Å². The Bertz CT molecular complexity index is 1740. The second-order valence-corrected chi connectivity index (χ2v) is 11.2. The maximum atomic E-state index is 12.9. The summed E-state index contributed by atoms with van der Waals surface area (Å²) in [6, 6.07) is 16.2. The largest absolute Gasteiger partial charge is 0.487 e. The van der Waals surface area contributed by atoms with Crippen molar-refractivity contribution in [2.75, 3.05) is 31.6 Å². The van der Waals surface area contributed by atoms with Crippen LogP contribution in [0.3, 0.4) is 0 Å². The summed E-state index contributed by atoms with van der Waals surface area (Å²) in [7, 11) is 1.57. The molecule has 1 N–H and O–H groups in total. The van der Waals surface area contributed by atoms with Crippen LogP contribution < -0.4 is 15.0 Å². The van der Waals surface area contributed by atoms with E-state index in [1.54, 1.807) is 42.3 Å². The van der Waals surface area contributed by atoms with Gasteiger partial charge in [0.1, 0.15) is 23.6 Å². The Labute approximate surface area is 289 Å². The summed E-state index contributed by atoms with van der Waals surface area (Å²) in [6.45, 7) is 3.22. The molecule has 242 valence electrons. The molecule has 0 atom stereocenters. The molecular formula is C33H33Cl4N5O4. The summed E-state index contributed by atoms with van der Waals surface area (Å²) >= 11 is 13.2. The molecule has 0 aliphatic carbocycles. The minimum absolute atomic E-state index is 0. The summed E-state index contributed by atoms with van der Waals surface area (Å²) in [5.41, 5.74) is 3.56. The molecule has 13 heteroatoms. The molecule has 1 fully saturated rings. The second kappa shape index (κ2) is 16.6. The number of aryl methyl sites for hydroxylation is 1. The first-order valence-corrected chi connectivity index (χ1v) is 14.9. The van der Waals surface area contributed by atoms with Crippen LogP contribution in [0.15, 0.2) is 66.9 Å². The molecule has 4 aromatic rings. The van der Waals surface area contributed by atoms with Crippen molar-refractivity contribution in [2.45, 2.75) is 26.4 Å². The van der Waals surface area contributed by atoms with Gasteiger partial charge in [0, 0.05) is 54.1 Å². The highest BCUT2D eigenvalue weighted by Crippen LogP contribution is 2.35. The predicted octanol–water partition coefficient (Wildman–Crippen LogP) is 6.70. The van der Waals surface area contributed by atoms with Crippen LogP contribution in [-0.2, 0) is 16.2 Å². The van der Waals surface area contributed by atoms with Crippen molar-refractivity contribution in [1.29, 1.82) is 0 Å². The molecule has 5 rings (SSSR count). The van der Waals surface area contributed by atoms with Crippen LogP contribution in [0.1, 0.15) is 40.2 Å². The topological polar surface area (TPSA) is 105 Å². The quantitative estimate of drug-likeness (QED) is 0.195. The zero-order valence-electron chi connectivity index (χ0n) is 25.2. The van der Waals surface area contributed by atoms with Gasteiger partial charge in [0.15, 0.2) is 0 Å². The minimum atomic E-state index is -0.459. The molecule has 0 saturated carbocycles. The number of aromatic nitrogens is 2. The van der Waals surface area contributed by atoms with Crippen molar-refractivity contribution in [3.63, 3.8) is 0 Å². The fourth-order valence-electron chi connectivity index (χ4n) is 4.82. The number of carbonyl (C=O) groups is 3. The third-order valence-corrected chi connectivity index (χ3v) is 8.11. The Balaban J connectivity index is 0.00000288. The number of ether oxygens (including phenoxy) is 1. The number of benzene rings is 2. The average molecular weight is 705 g/mol. The van der Waals surface area contributed by atoms with Crippen molar-refractivity contribution in [3.8, 4) is 5.75 Å². The zero-order valence-corrected chi connectivity index (χ0v) is 28.3. The number of carbonyl (C=O) groups excluding carboxylic acids is 3. The number of pyridine rings is 2. The fourth-order valence-corrected chi connectivity index (χ4v) is 5.43. The lowest BCUT2D eigenvalue weighted by Gasteiger charge is -2.21. The van der Waals surface area contributed by atoms with E-state index in [1.807, 2.05) is 37.3 Å². The number of halogens is 4. The van der Waals surface area contributed by atoms with E-state index < -0.39 is 5.91 Å². The van der Waals surface area contributed by atoms with Gasteiger partial charge in [-0.2, -0.15) is 0 Å². The number of nitrogens with one attached hydrogen (secondary N) is 1. The molecule has 0 spiro atoms. The number of anilines is 1. The zero-order chi connectivity index (χ0) is 31.2. The van der Waals surface area contributed by atoms with Gasteiger partial charge in [0.25, 0.3) is 5.91 Å². The maximum Gasteiger partial charge on any atom is 0.272 e. The Morgan fingerprint density at radius 3 is 2.50 bits per heavy atom. The van der Waals surface area contributed by atoms with Crippen LogP contribution in [0, 0.1) is 6.92 Å². The van der Waals surface area contributed by atoms with Gasteiger partial charge < -0.3 is 19.9 Å². The standard InChI is InChI=1S/C33H31Cl2N5O4.2ClH/c1-21-8-11-23-6-5-7-28(32(23)38-21)44-20-24-25(34)12-14-27(31(24)35)39(2)30(42)19-37-29(41)15-10-22-9-13-26(36-18-22)33(43)40-16-3-4-17-40;;/h5-15,18H,3-4,16-17,19-20H2,1-2H3,(H,37,41);2*1H/b15-10+;;. The van der Waals surface area contributed by atoms with Gasteiger partial charge in [-0.1, -0.05) is 47.5 Å². The monoisotopic (exact) mass is 703 g/mol. The first-order valence-electron chi connectivity index (χ1n) is 14.1. The van der Waals surface area contributed by atoms with E-state index in [9.17, 15) is 14.4 Å². The van der Waals surface area contributed by atoms with Crippen molar-refractivity contribution in [3.05, 3.63) is 99.4 Å². The third-order valence-electron chi connectivity index (χ3n) is 7.34. The molecule has 1 aliphatic heterocycles. The van der Waals surface area contributed by atoms with Crippen molar-refractivity contribution < 1.29 is 19.1 Å². The lowest BCUT2D eigenvalue weighted by Crippen LogP contribution is -2.37. The highest BCUT2D eigenvalue weighted by atomic mass is 35.5. The van der Waals surface area contributed by atoms with Gasteiger partial charge in [-0.05, 0) is 61.7 Å². The Kier molecular flexibility index (Phi) is 13.2. The van der Waals surface area contributed by atoms with Gasteiger partial charge in [-0.15, -0.1) is 24.8 Å². The number of nitrogens with zero attached hydrogens (tertiary/aromatic N) is 4. The lowest BCUT2D eigenvalue weighted by molar-refractivity contribution is -0.122. The lowest BCUT2D eigenvalue weighted by atomic mass is 10.1. The maximum absolute atomic E-state index is 12.9.